The van der Waals surface area contributed by atoms with Gasteiger partial charge in [-0.1, -0.05) is 12.5 Å². The third-order valence-corrected chi connectivity index (χ3v) is 7.31. The summed E-state index contributed by atoms with van der Waals surface area (Å²) in [6.45, 7) is 9.19. The Labute approximate surface area is 231 Å². The van der Waals surface area contributed by atoms with Gasteiger partial charge in [-0.3, -0.25) is 9.47 Å². The number of rotatable bonds is 6. The van der Waals surface area contributed by atoms with Crippen LogP contribution in [0.4, 0.5) is 10.5 Å². The quantitative estimate of drug-likeness (QED) is 0.342. The summed E-state index contributed by atoms with van der Waals surface area (Å²) in [4.78, 5) is 29.8. The van der Waals surface area contributed by atoms with Crippen molar-refractivity contribution in [2.24, 2.45) is 0 Å². The highest BCUT2D eigenvalue weighted by Crippen LogP contribution is 2.40. The zero-order valence-electron chi connectivity index (χ0n) is 24.5. The molecule has 0 N–H and O–H groups in total. The van der Waals surface area contributed by atoms with Crippen LogP contribution < -0.4 is 9.64 Å². The van der Waals surface area contributed by atoms with E-state index in [0.717, 1.165) is 59.3 Å². The Balaban J connectivity index is 1.76. The molecule has 4 rings (SSSR count). The number of benzene rings is 2. The van der Waals surface area contributed by atoms with Crippen molar-refractivity contribution >= 4 is 28.7 Å². The number of fused-ring (bicyclic) bond motifs is 1. The largest absolute Gasteiger partial charge is 0.496 e. The monoisotopic (exact) mass is 535 g/mol. The fraction of sp³-hybridized carbons (Fsp3) is 0.484. The van der Waals surface area contributed by atoms with E-state index in [1.54, 1.807) is 17.9 Å². The number of likely N-dealkylation sites (tertiary alicyclic amines) is 1. The number of aryl methyl sites for hydroxylation is 1. The van der Waals surface area contributed by atoms with Crippen LogP contribution in [0.2, 0.25) is 0 Å². The van der Waals surface area contributed by atoms with Crippen LogP contribution >= 0.6 is 0 Å². The fourth-order valence-electron chi connectivity index (χ4n) is 5.56. The van der Waals surface area contributed by atoms with Gasteiger partial charge in [0.25, 0.3) is 0 Å². The number of methoxy groups -OCH3 is 2. The molecule has 0 bridgehead atoms. The van der Waals surface area contributed by atoms with Gasteiger partial charge in [0.1, 0.15) is 11.4 Å². The van der Waals surface area contributed by atoms with Crippen molar-refractivity contribution in [2.75, 3.05) is 39.8 Å². The first-order valence-electron chi connectivity index (χ1n) is 13.5. The van der Waals surface area contributed by atoms with E-state index in [1.807, 2.05) is 66.1 Å². The maximum Gasteiger partial charge on any atom is 0.419 e. The maximum atomic E-state index is 13.0. The molecule has 1 aliphatic rings. The van der Waals surface area contributed by atoms with Crippen LogP contribution in [0.25, 0.3) is 10.9 Å². The van der Waals surface area contributed by atoms with Crippen LogP contribution in [0.3, 0.4) is 0 Å². The Kier molecular flexibility index (Phi) is 8.25. The predicted molar refractivity (Wildman–Crippen MR) is 154 cm³/mol. The molecule has 1 aromatic heterocycles. The molecule has 210 valence electrons. The van der Waals surface area contributed by atoms with Gasteiger partial charge in [0.15, 0.2) is 0 Å². The Hall–Kier alpha value is -3.52. The van der Waals surface area contributed by atoms with Gasteiger partial charge in [-0.25, -0.2) is 9.59 Å². The second-order valence-electron chi connectivity index (χ2n) is 11.4. The molecule has 8 heteroatoms. The number of carbonyl (C=O) groups excluding carboxylic acids is 2. The second-order valence-corrected chi connectivity index (χ2v) is 11.4. The Morgan fingerprint density at radius 2 is 1.82 bits per heavy atom. The molecule has 1 atom stereocenters. The number of esters is 1. The molecule has 1 fully saturated rings. The summed E-state index contributed by atoms with van der Waals surface area (Å²) in [5.41, 5.74) is 4.97. The summed E-state index contributed by atoms with van der Waals surface area (Å²) in [7, 11) is 7.09. The average Bonchev–Trinajstić information content (AvgIpc) is 3.35. The van der Waals surface area contributed by atoms with Crippen LogP contribution in [0.15, 0.2) is 36.5 Å². The molecular weight excluding hydrogens is 494 g/mol. The lowest BCUT2D eigenvalue weighted by Gasteiger charge is -2.38. The fourth-order valence-corrected chi connectivity index (χ4v) is 5.56. The molecule has 1 unspecified atom stereocenters. The molecular formula is C31H41N3O5. The summed E-state index contributed by atoms with van der Waals surface area (Å²) in [5, 5.41) is 0.982. The van der Waals surface area contributed by atoms with E-state index >= 15 is 0 Å². The number of hydrogen-bond acceptors (Lipinski definition) is 7. The lowest BCUT2D eigenvalue weighted by atomic mass is 9.91. The first-order valence-corrected chi connectivity index (χ1v) is 13.5. The molecule has 1 aliphatic heterocycles. The van der Waals surface area contributed by atoms with E-state index in [2.05, 4.69) is 15.9 Å². The summed E-state index contributed by atoms with van der Waals surface area (Å²) in [6.07, 6.45) is 4.63. The lowest BCUT2D eigenvalue weighted by Crippen LogP contribution is -2.34. The maximum absolute atomic E-state index is 13.0. The Bertz CT molecular complexity index is 1370. The Morgan fingerprint density at radius 1 is 1.08 bits per heavy atom. The molecule has 1 saturated heterocycles. The lowest BCUT2D eigenvalue weighted by molar-refractivity contribution is 0.0542. The summed E-state index contributed by atoms with van der Waals surface area (Å²) < 4.78 is 18.1. The van der Waals surface area contributed by atoms with E-state index in [4.69, 9.17) is 14.2 Å². The minimum Gasteiger partial charge on any atom is -0.496 e. The van der Waals surface area contributed by atoms with Crippen LogP contribution in [-0.2, 0) is 16.0 Å². The highest BCUT2D eigenvalue weighted by molar-refractivity contribution is 5.95. The topological polar surface area (TPSA) is 73.2 Å². The van der Waals surface area contributed by atoms with Crippen LogP contribution in [0.5, 0.6) is 5.75 Å². The molecule has 3 aromatic rings. The number of hydrogen-bond donors (Lipinski definition) is 0. The molecule has 0 radical (unpaired) electrons. The van der Waals surface area contributed by atoms with Gasteiger partial charge >= 0.3 is 12.1 Å². The van der Waals surface area contributed by atoms with Gasteiger partial charge in [0.2, 0.25) is 0 Å². The van der Waals surface area contributed by atoms with Crippen molar-refractivity contribution in [1.82, 2.24) is 9.47 Å². The SMILES string of the molecule is COC(=O)c1ccc(C2CCCCN2Cc2c(OC)cc(C)c3c2ccn3C(=O)OC(C)(C)C)c(N(C)C)c1. The molecule has 39 heavy (non-hydrogen) atoms. The number of aromatic nitrogens is 1. The minimum absolute atomic E-state index is 0.164. The van der Waals surface area contributed by atoms with Gasteiger partial charge in [-0.2, -0.15) is 0 Å². The zero-order valence-corrected chi connectivity index (χ0v) is 24.5. The summed E-state index contributed by atoms with van der Waals surface area (Å²) >= 11 is 0. The molecule has 0 spiro atoms. The van der Waals surface area contributed by atoms with Crippen molar-refractivity contribution in [3.8, 4) is 5.75 Å². The zero-order chi connectivity index (χ0) is 28.5. The van der Waals surface area contributed by atoms with Gasteiger partial charge in [0, 0.05) is 49.5 Å². The molecule has 0 aliphatic carbocycles. The highest BCUT2D eigenvalue weighted by atomic mass is 16.6. The van der Waals surface area contributed by atoms with Crippen molar-refractivity contribution in [2.45, 2.75) is 65.1 Å². The van der Waals surface area contributed by atoms with E-state index < -0.39 is 11.7 Å². The van der Waals surface area contributed by atoms with Crippen molar-refractivity contribution in [3.63, 3.8) is 0 Å². The van der Waals surface area contributed by atoms with Crippen molar-refractivity contribution in [3.05, 3.63) is 58.8 Å². The minimum atomic E-state index is -0.592. The number of nitrogens with zero attached hydrogens (tertiary/aromatic N) is 3. The third kappa shape index (κ3) is 5.91. The average molecular weight is 536 g/mol. The van der Waals surface area contributed by atoms with E-state index in [1.165, 1.54) is 12.7 Å². The van der Waals surface area contributed by atoms with Gasteiger partial charge in [-0.15, -0.1) is 0 Å². The first-order chi connectivity index (χ1) is 18.4. The van der Waals surface area contributed by atoms with Crippen molar-refractivity contribution in [1.29, 1.82) is 0 Å². The number of piperidine rings is 1. The van der Waals surface area contributed by atoms with E-state index in [9.17, 15) is 9.59 Å². The van der Waals surface area contributed by atoms with Crippen LogP contribution in [-0.4, -0.2) is 62.0 Å². The smallest absolute Gasteiger partial charge is 0.419 e. The summed E-state index contributed by atoms with van der Waals surface area (Å²) in [6, 6.07) is 9.99. The normalized spacial score (nSPS) is 16.3. The van der Waals surface area contributed by atoms with Crippen molar-refractivity contribution < 1.29 is 23.8 Å². The molecule has 0 amide bonds. The molecule has 0 saturated carbocycles. The summed E-state index contributed by atoms with van der Waals surface area (Å²) in [5.74, 6) is 0.464. The van der Waals surface area contributed by atoms with Crippen LogP contribution in [0.1, 0.15) is 73.1 Å². The molecule has 2 heterocycles. The second kappa shape index (κ2) is 11.3. The highest BCUT2D eigenvalue weighted by Gasteiger charge is 2.30. The predicted octanol–water partition coefficient (Wildman–Crippen LogP) is 6.32. The molecule has 8 nitrogen and oxygen atoms in total. The molecule has 2 aromatic carbocycles. The third-order valence-electron chi connectivity index (χ3n) is 7.31. The number of carbonyl (C=O) groups is 2. The van der Waals surface area contributed by atoms with E-state index in [0.29, 0.717) is 12.1 Å². The van der Waals surface area contributed by atoms with Gasteiger partial charge in [-0.05, 0) is 82.5 Å². The standard InChI is InChI=1S/C31H41N3O5/c1-20-17-27(37-7)24(22-14-16-34(28(20)22)30(36)39-31(2,3)4)19-33-15-10-9-11-25(33)23-13-12-21(29(35)38-8)18-26(23)32(5)6/h12-14,16-18,25H,9-11,15,19H2,1-8H3. The van der Waals surface area contributed by atoms with E-state index in [-0.39, 0.29) is 12.0 Å². The first kappa shape index (κ1) is 28.5. The van der Waals surface area contributed by atoms with Gasteiger partial charge in [0.05, 0.1) is 25.3 Å². The number of ether oxygens (including phenoxy) is 3. The number of anilines is 1. The van der Waals surface area contributed by atoms with Gasteiger partial charge < -0.3 is 19.1 Å². The Morgan fingerprint density at radius 3 is 2.46 bits per heavy atom. The van der Waals surface area contributed by atoms with Crippen LogP contribution in [0, 0.1) is 6.92 Å².